The molecular formula is C14H20N2. The highest BCUT2D eigenvalue weighted by molar-refractivity contribution is 5.56. The zero-order chi connectivity index (χ0) is 12.3. The Morgan fingerprint density at radius 1 is 1.25 bits per heavy atom. The summed E-state index contributed by atoms with van der Waals surface area (Å²) in [6.07, 6.45) is 0. The molecule has 0 fully saturated rings. The van der Waals surface area contributed by atoms with Crippen LogP contribution in [0.15, 0.2) is 18.2 Å². The van der Waals surface area contributed by atoms with E-state index in [1.807, 2.05) is 18.9 Å². The van der Waals surface area contributed by atoms with Crippen LogP contribution in [-0.2, 0) is 0 Å². The molecule has 1 aromatic carbocycles. The third-order valence-electron chi connectivity index (χ3n) is 3.05. The van der Waals surface area contributed by atoms with Crippen molar-refractivity contribution in [1.82, 2.24) is 0 Å². The Labute approximate surface area is 98.5 Å². The Kier molecular flexibility index (Phi) is 3.95. The van der Waals surface area contributed by atoms with Crippen LogP contribution >= 0.6 is 0 Å². The van der Waals surface area contributed by atoms with Crippen molar-refractivity contribution in [2.24, 2.45) is 0 Å². The van der Waals surface area contributed by atoms with E-state index in [-0.39, 0.29) is 6.04 Å². The molecule has 86 valence electrons. The first kappa shape index (κ1) is 12.6. The number of nitrogens with zero attached hydrogens (tertiary/aromatic N) is 2. The highest BCUT2D eigenvalue weighted by Crippen LogP contribution is 2.25. The fourth-order valence-corrected chi connectivity index (χ4v) is 1.66. The van der Waals surface area contributed by atoms with Crippen molar-refractivity contribution in [2.45, 2.75) is 39.7 Å². The molecule has 0 bridgehead atoms. The first-order chi connectivity index (χ1) is 7.47. The molecule has 1 aromatic rings. The van der Waals surface area contributed by atoms with E-state index in [1.165, 1.54) is 11.1 Å². The van der Waals surface area contributed by atoms with Gasteiger partial charge in [-0.1, -0.05) is 26.0 Å². The maximum absolute atomic E-state index is 8.94. The monoisotopic (exact) mass is 216 g/mol. The van der Waals surface area contributed by atoms with Gasteiger partial charge in [0.25, 0.3) is 0 Å². The molecule has 0 aliphatic heterocycles. The molecule has 1 rings (SSSR count). The van der Waals surface area contributed by atoms with Gasteiger partial charge in [0, 0.05) is 12.7 Å². The van der Waals surface area contributed by atoms with Crippen LogP contribution < -0.4 is 4.90 Å². The van der Waals surface area contributed by atoms with E-state index in [2.05, 4.69) is 45.0 Å². The predicted molar refractivity (Wildman–Crippen MR) is 68.7 cm³/mol. The van der Waals surface area contributed by atoms with Crippen LogP contribution in [0.4, 0.5) is 5.69 Å². The minimum Gasteiger partial charge on any atom is -0.359 e. The summed E-state index contributed by atoms with van der Waals surface area (Å²) in [5, 5.41) is 8.94. The first-order valence-electron chi connectivity index (χ1n) is 5.70. The van der Waals surface area contributed by atoms with Crippen molar-refractivity contribution in [3.05, 3.63) is 29.3 Å². The minimum atomic E-state index is -0.0962. The Morgan fingerprint density at radius 3 is 2.38 bits per heavy atom. The summed E-state index contributed by atoms with van der Waals surface area (Å²) >= 11 is 0. The average molecular weight is 216 g/mol. The molecule has 2 nitrogen and oxygen atoms in total. The number of hydrogen-bond donors (Lipinski definition) is 0. The lowest BCUT2D eigenvalue weighted by Gasteiger charge is -2.24. The first-order valence-corrected chi connectivity index (χ1v) is 5.70. The van der Waals surface area contributed by atoms with E-state index in [9.17, 15) is 0 Å². The van der Waals surface area contributed by atoms with Gasteiger partial charge in [0.2, 0.25) is 0 Å². The van der Waals surface area contributed by atoms with Gasteiger partial charge in [-0.2, -0.15) is 5.26 Å². The van der Waals surface area contributed by atoms with Gasteiger partial charge in [-0.05, 0) is 37.0 Å². The fraction of sp³-hybridized carbons (Fsp3) is 0.500. The number of benzene rings is 1. The van der Waals surface area contributed by atoms with E-state index in [0.29, 0.717) is 5.92 Å². The van der Waals surface area contributed by atoms with Gasteiger partial charge in [-0.15, -0.1) is 0 Å². The normalized spacial score (nSPS) is 12.3. The topological polar surface area (TPSA) is 27.0 Å². The molecule has 1 atom stereocenters. The lowest BCUT2D eigenvalue weighted by Crippen LogP contribution is -2.27. The summed E-state index contributed by atoms with van der Waals surface area (Å²) in [5.74, 6) is 0.519. The van der Waals surface area contributed by atoms with E-state index in [0.717, 1.165) is 5.69 Å². The van der Waals surface area contributed by atoms with Crippen molar-refractivity contribution in [1.29, 1.82) is 5.26 Å². The average Bonchev–Trinajstić information content (AvgIpc) is 2.27. The molecule has 0 aliphatic rings. The molecule has 0 aliphatic carbocycles. The Hall–Kier alpha value is -1.49. The second-order valence-corrected chi connectivity index (χ2v) is 4.62. The van der Waals surface area contributed by atoms with Gasteiger partial charge in [-0.25, -0.2) is 0 Å². The van der Waals surface area contributed by atoms with E-state index >= 15 is 0 Å². The second kappa shape index (κ2) is 5.03. The zero-order valence-electron chi connectivity index (χ0n) is 10.8. The molecule has 0 amide bonds. The zero-order valence-corrected chi connectivity index (χ0v) is 10.8. The third kappa shape index (κ3) is 2.55. The van der Waals surface area contributed by atoms with Crippen LogP contribution in [0.5, 0.6) is 0 Å². The number of aryl methyl sites for hydroxylation is 1. The minimum absolute atomic E-state index is 0.0962. The molecule has 0 N–H and O–H groups in total. The SMILES string of the molecule is Cc1ccc(C(C)C)cc1N(C)C(C)C#N. The Morgan fingerprint density at radius 2 is 1.88 bits per heavy atom. The maximum Gasteiger partial charge on any atom is 0.113 e. The highest BCUT2D eigenvalue weighted by atomic mass is 15.1. The molecule has 1 unspecified atom stereocenters. The number of rotatable bonds is 3. The van der Waals surface area contributed by atoms with Gasteiger partial charge in [0.15, 0.2) is 0 Å². The molecule has 0 saturated heterocycles. The van der Waals surface area contributed by atoms with Gasteiger partial charge in [0.05, 0.1) is 6.07 Å². The fourth-order valence-electron chi connectivity index (χ4n) is 1.66. The molecule has 0 spiro atoms. The maximum atomic E-state index is 8.94. The van der Waals surface area contributed by atoms with Gasteiger partial charge >= 0.3 is 0 Å². The van der Waals surface area contributed by atoms with Gasteiger partial charge in [0.1, 0.15) is 6.04 Å². The largest absolute Gasteiger partial charge is 0.359 e. The van der Waals surface area contributed by atoms with Gasteiger partial charge < -0.3 is 4.90 Å². The van der Waals surface area contributed by atoms with E-state index < -0.39 is 0 Å². The molecule has 0 radical (unpaired) electrons. The van der Waals surface area contributed by atoms with E-state index in [1.54, 1.807) is 0 Å². The molecule has 0 heterocycles. The summed E-state index contributed by atoms with van der Waals surface area (Å²) < 4.78 is 0. The second-order valence-electron chi connectivity index (χ2n) is 4.62. The molecular weight excluding hydrogens is 196 g/mol. The third-order valence-corrected chi connectivity index (χ3v) is 3.05. The van der Waals surface area contributed by atoms with Crippen LogP contribution in [0.1, 0.15) is 37.8 Å². The van der Waals surface area contributed by atoms with Crippen LogP contribution in [-0.4, -0.2) is 13.1 Å². The van der Waals surface area contributed by atoms with Crippen molar-refractivity contribution < 1.29 is 0 Å². The van der Waals surface area contributed by atoms with Crippen molar-refractivity contribution in [3.8, 4) is 6.07 Å². The quantitative estimate of drug-likeness (QED) is 0.773. The number of nitriles is 1. The highest BCUT2D eigenvalue weighted by Gasteiger charge is 2.12. The molecule has 0 aromatic heterocycles. The van der Waals surface area contributed by atoms with Crippen molar-refractivity contribution in [2.75, 3.05) is 11.9 Å². The summed E-state index contributed by atoms with van der Waals surface area (Å²) in [6.45, 7) is 8.37. The summed E-state index contributed by atoms with van der Waals surface area (Å²) in [7, 11) is 1.97. The van der Waals surface area contributed by atoms with Crippen LogP contribution in [0.2, 0.25) is 0 Å². The van der Waals surface area contributed by atoms with Crippen LogP contribution in [0.25, 0.3) is 0 Å². The predicted octanol–water partition coefficient (Wildman–Crippen LogP) is 3.47. The molecule has 16 heavy (non-hydrogen) atoms. The number of hydrogen-bond acceptors (Lipinski definition) is 2. The standard InChI is InChI=1S/C14H20N2/c1-10(2)13-7-6-11(3)14(8-13)16(5)12(4)9-15/h6-8,10,12H,1-5H3. The van der Waals surface area contributed by atoms with Crippen LogP contribution in [0.3, 0.4) is 0 Å². The summed E-state index contributed by atoms with van der Waals surface area (Å²) in [4.78, 5) is 2.03. The summed E-state index contributed by atoms with van der Waals surface area (Å²) in [6, 6.07) is 8.65. The summed E-state index contributed by atoms with van der Waals surface area (Å²) in [5.41, 5.74) is 3.69. The van der Waals surface area contributed by atoms with E-state index in [4.69, 9.17) is 5.26 Å². The Balaban J connectivity index is 3.12. The molecule has 0 saturated carbocycles. The smallest absolute Gasteiger partial charge is 0.113 e. The Bertz CT molecular complexity index is 402. The van der Waals surface area contributed by atoms with Gasteiger partial charge in [-0.3, -0.25) is 0 Å². The van der Waals surface area contributed by atoms with Crippen molar-refractivity contribution in [3.63, 3.8) is 0 Å². The van der Waals surface area contributed by atoms with Crippen LogP contribution in [0, 0.1) is 18.3 Å². The lowest BCUT2D eigenvalue weighted by molar-refractivity contribution is 0.822. The van der Waals surface area contributed by atoms with Crippen molar-refractivity contribution >= 4 is 5.69 Å². The lowest BCUT2D eigenvalue weighted by atomic mass is 10.00. The number of anilines is 1. The molecule has 2 heteroatoms.